The van der Waals surface area contributed by atoms with Gasteiger partial charge in [0, 0.05) is 19.8 Å². The van der Waals surface area contributed by atoms with Gasteiger partial charge in [-0.25, -0.2) is 9.78 Å². The van der Waals surface area contributed by atoms with Crippen LogP contribution in [0.15, 0.2) is 12.3 Å². The van der Waals surface area contributed by atoms with Crippen LogP contribution in [0.5, 0.6) is 0 Å². The molecule has 1 N–H and O–H groups in total. The van der Waals surface area contributed by atoms with E-state index in [1.807, 2.05) is 11.9 Å². The minimum Gasteiger partial charge on any atom is -0.478 e. The minimum atomic E-state index is -1.04. The first-order valence-corrected chi connectivity index (χ1v) is 5.69. The van der Waals surface area contributed by atoms with Crippen LogP contribution in [0.3, 0.4) is 0 Å². The van der Waals surface area contributed by atoms with Crippen molar-refractivity contribution in [2.75, 3.05) is 18.5 Å². The molecule has 0 radical (unpaired) electrons. The molecule has 0 atom stereocenters. The Bertz CT molecular complexity index is 427. The number of aromatic carboxylic acids is 1. The van der Waals surface area contributed by atoms with Gasteiger partial charge in [0.25, 0.3) is 0 Å². The summed E-state index contributed by atoms with van der Waals surface area (Å²) in [5.41, 5.74) is 0.163. The summed E-state index contributed by atoms with van der Waals surface area (Å²) in [7, 11) is 1.85. The second-order valence-electron chi connectivity index (χ2n) is 5.22. The Morgan fingerprint density at radius 1 is 1.53 bits per heavy atom. The fourth-order valence-corrected chi connectivity index (χ4v) is 1.99. The number of carboxylic acid groups (broad SMARTS) is 1. The summed E-state index contributed by atoms with van der Waals surface area (Å²) < 4.78 is 0. The van der Waals surface area contributed by atoms with Crippen LogP contribution in [0.25, 0.3) is 0 Å². The highest BCUT2D eigenvalue weighted by Gasteiger charge is 2.19. The van der Waals surface area contributed by atoms with Gasteiger partial charge in [0.15, 0.2) is 0 Å². The summed E-state index contributed by atoms with van der Waals surface area (Å²) in [4.78, 5) is 17.0. The molecule has 0 aliphatic heterocycles. The summed E-state index contributed by atoms with van der Waals surface area (Å²) in [6.45, 7) is 7.03. The maximum Gasteiger partial charge on any atom is 0.337 e. The molecule has 0 aliphatic rings. The lowest BCUT2D eigenvalue weighted by Crippen LogP contribution is -2.30. The van der Waals surface area contributed by atoms with E-state index in [1.54, 1.807) is 0 Å². The van der Waals surface area contributed by atoms with Crippen molar-refractivity contribution in [1.82, 2.24) is 4.98 Å². The molecule has 0 saturated carbocycles. The Hall–Kier alpha value is -1.29. The van der Waals surface area contributed by atoms with Crippen molar-refractivity contribution in [2.24, 2.45) is 5.41 Å². The maximum absolute atomic E-state index is 11.0. The zero-order valence-corrected chi connectivity index (χ0v) is 11.2. The molecule has 1 heterocycles. The number of rotatable bonds is 3. The topological polar surface area (TPSA) is 53.4 Å². The molecule has 1 rings (SSSR count). The monoisotopic (exact) mass is 256 g/mol. The first kappa shape index (κ1) is 13.8. The van der Waals surface area contributed by atoms with Gasteiger partial charge in [0.05, 0.1) is 10.6 Å². The average Bonchev–Trinajstić information content (AvgIpc) is 2.14. The van der Waals surface area contributed by atoms with Crippen molar-refractivity contribution in [2.45, 2.75) is 20.8 Å². The van der Waals surface area contributed by atoms with Crippen LogP contribution < -0.4 is 4.90 Å². The van der Waals surface area contributed by atoms with Crippen LogP contribution in [0.1, 0.15) is 31.1 Å². The molecular formula is C12H17ClN2O2. The smallest absolute Gasteiger partial charge is 0.337 e. The molecular weight excluding hydrogens is 240 g/mol. The number of carbonyl (C=O) groups is 1. The SMILES string of the molecule is CN(CC(C)(C)C)c1nccc(C(=O)O)c1Cl. The lowest BCUT2D eigenvalue weighted by Gasteiger charge is -2.28. The number of aromatic nitrogens is 1. The molecule has 17 heavy (non-hydrogen) atoms. The van der Waals surface area contributed by atoms with Crippen molar-refractivity contribution in [3.8, 4) is 0 Å². The van der Waals surface area contributed by atoms with Crippen molar-refractivity contribution < 1.29 is 9.90 Å². The van der Waals surface area contributed by atoms with Crippen LogP contribution in [-0.4, -0.2) is 29.7 Å². The van der Waals surface area contributed by atoms with Crippen LogP contribution >= 0.6 is 11.6 Å². The van der Waals surface area contributed by atoms with Crippen molar-refractivity contribution in [1.29, 1.82) is 0 Å². The van der Waals surface area contributed by atoms with E-state index in [2.05, 4.69) is 25.8 Å². The average molecular weight is 257 g/mol. The highest BCUT2D eigenvalue weighted by Crippen LogP contribution is 2.28. The Labute approximate surface area is 106 Å². The summed E-state index contributed by atoms with van der Waals surface area (Å²) >= 11 is 6.04. The predicted octanol–water partition coefficient (Wildman–Crippen LogP) is 2.92. The van der Waals surface area contributed by atoms with Crippen molar-refractivity contribution >= 4 is 23.4 Å². The molecule has 0 fully saturated rings. The van der Waals surface area contributed by atoms with Crippen LogP contribution in [0, 0.1) is 5.41 Å². The lowest BCUT2D eigenvalue weighted by molar-refractivity contribution is 0.0697. The van der Waals surface area contributed by atoms with E-state index in [9.17, 15) is 4.79 Å². The quantitative estimate of drug-likeness (QED) is 0.904. The number of anilines is 1. The molecule has 0 spiro atoms. The van der Waals surface area contributed by atoms with E-state index in [0.717, 1.165) is 6.54 Å². The molecule has 4 nitrogen and oxygen atoms in total. The van der Waals surface area contributed by atoms with Gasteiger partial charge in [-0.15, -0.1) is 0 Å². The second kappa shape index (κ2) is 4.92. The maximum atomic E-state index is 11.0. The van der Waals surface area contributed by atoms with Crippen LogP contribution in [0.2, 0.25) is 5.02 Å². The zero-order valence-electron chi connectivity index (χ0n) is 10.5. The van der Waals surface area contributed by atoms with E-state index in [1.165, 1.54) is 12.3 Å². The van der Waals surface area contributed by atoms with Crippen LogP contribution in [0.4, 0.5) is 5.82 Å². The first-order valence-electron chi connectivity index (χ1n) is 5.31. The molecule has 0 unspecified atom stereocenters. The van der Waals surface area contributed by atoms with E-state index in [-0.39, 0.29) is 16.0 Å². The van der Waals surface area contributed by atoms with Crippen molar-refractivity contribution in [3.63, 3.8) is 0 Å². The highest BCUT2D eigenvalue weighted by atomic mass is 35.5. The summed E-state index contributed by atoms with van der Waals surface area (Å²) in [5, 5.41) is 9.16. The van der Waals surface area contributed by atoms with E-state index in [4.69, 9.17) is 16.7 Å². The molecule has 1 aromatic heterocycles. The van der Waals surface area contributed by atoms with Gasteiger partial charge < -0.3 is 10.0 Å². The fraction of sp³-hybridized carbons (Fsp3) is 0.500. The van der Waals surface area contributed by atoms with E-state index < -0.39 is 5.97 Å². The number of pyridine rings is 1. The van der Waals surface area contributed by atoms with Crippen molar-refractivity contribution in [3.05, 3.63) is 22.8 Å². The number of nitrogens with zero attached hydrogens (tertiary/aromatic N) is 2. The summed E-state index contributed by atoms with van der Waals surface area (Å²) in [6, 6.07) is 1.40. The fourth-order valence-electron chi connectivity index (χ4n) is 1.65. The van der Waals surface area contributed by atoms with Gasteiger partial charge in [-0.1, -0.05) is 32.4 Å². The molecule has 5 heteroatoms. The number of carboxylic acids is 1. The molecule has 0 bridgehead atoms. The lowest BCUT2D eigenvalue weighted by atomic mass is 9.96. The third kappa shape index (κ3) is 3.60. The molecule has 94 valence electrons. The van der Waals surface area contributed by atoms with E-state index in [0.29, 0.717) is 5.82 Å². The van der Waals surface area contributed by atoms with E-state index >= 15 is 0 Å². The third-order valence-corrected chi connectivity index (χ3v) is 2.55. The van der Waals surface area contributed by atoms with Crippen LogP contribution in [-0.2, 0) is 0 Å². The number of hydrogen-bond acceptors (Lipinski definition) is 3. The van der Waals surface area contributed by atoms with Gasteiger partial charge in [-0.2, -0.15) is 0 Å². The van der Waals surface area contributed by atoms with Gasteiger partial charge in [0.1, 0.15) is 5.82 Å². The third-order valence-electron chi connectivity index (χ3n) is 2.17. The predicted molar refractivity (Wildman–Crippen MR) is 68.9 cm³/mol. The Morgan fingerprint density at radius 3 is 2.59 bits per heavy atom. The number of hydrogen-bond donors (Lipinski definition) is 1. The minimum absolute atomic E-state index is 0.0809. The van der Waals surface area contributed by atoms with Gasteiger partial charge in [-0.3, -0.25) is 0 Å². The standard InChI is InChI=1S/C12H17ClN2O2/c1-12(2,3)7-15(4)10-9(13)8(11(16)17)5-6-14-10/h5-6H,7H2,1-4H3,(H,16,17). The summed E-state index contributed by atoms with van der Waals surface area (Å²) in [5.74, 6) is -0.538. The van der Waals surface area contributed by atoms with Gasteiger partial charge >= 0.3 is 5.97 Å². The largest absolute Gasteiger partial charge is 0.478 e. The zero-order chi connectivity index (χ0) is 13.2. The van der Waals surface area contributed by atoms with Gasteiger partial charge in [-0.05, 0) is 11.5 Å². The molecule has 0 amide bonds. The Morgan fingerprint density at radius 2 is 2.12 bits per heavy atom. The molecule has 0 aromatic carbocycles. The first-order chi connectivity index (χ1) is 7.72. The molecule has 1 aromatic rings. The molecule has 0 aliphatic carbocycles. The van der Waals surface area contributed by atoms with Gasteiger partial charge in [0.2, 0.25) is 0 Å². The molecule has 0 saturated heterocycles. The normalized spacial score (nSPS) is 11.4. The Kier molecular flexibility index (Phi) is 3.98. The summed E-state index contributed by atoms with van der Waals surface area (Å²) in [6.07, 6.45) is 1.46. The highest BCUT2D eigenvalue weighted by molar-refractivity contribution is 6.35. The number of halogens is 1. The second-order valence-corrected chi connectivity index (χ2v) is 5.60. The Balaban J connectivity index is 3.07.